The molecule has 4 heteroatoms. The molecule has 2 fully saturated rings. The van der Waals surface area contributed by atoms with E-state index in [-0.39, 0.29) is 17.2 Å². The van der Waals surface area contributed by atoms with E-state index in [1.807, 2.05) is 25.7 Å². The molecule has 1 N–H and O–H groups in total. The number of hydrogen-bond acceptors (Lipinski definition) is 2. The monoisotopic (exact) mass is 294 g/mol. The lowest BCUT2D eigenvalue weighted by Gasteiger charge is -2.41. The largest absolute Gasteiger partial charge is 0.344 e. The molecule has 0 aromatic rings. The Morgan fingerprint density at radius 2 is 1.62 bits per heavy atom. The number of carbonyl (C=O) groups is 2. The molecule has 3 atom stereocenters. The van der Waals surface area contributed by atoms with Crippen LogP contribution in [0.2, 0.25) is 0 Å². The minimum atomic E-state index is -0.403. The van der Waals surface area contributed by atoms with Gasteiger partial charge in [-0.05, 0) is 36.5 Å². The van der Waals surface area contributed by atoms with Crippen LogP contribution in [0.15, 0.2) is 0 Å². The maximum absolute atomic E-state index is 13.0. The molecule has 1 saturated carbocycles. The summed E-state index contributed by atoms with van der Waals surface area (Å²) in [4.78, 5) is 26.9. The molecule has 2 aliphatic rings. The molecule has 1 saturated heterocycles. The molecule has 120 valence electrons. The summed E-state index contributed by atoms with van der Waals surface area (Å²) in [6, 6.07) is -0.103. The average Bonchev–Trinajstić information content (AvgIpc) is 2.47. The van der Waals surface area contributed by atoms with Gasteiger partial charge in [0.2, 0.25) is 11.8 Å². The van der Waals surface area contributed by atoms with Gasteiger partial charge in [-0.15, -0.1) is 0 Å². The Hall–Kier alpha value is -1.06. The van der Waals surface area contributed by atoms with Crippen LogP contribution in [0.3, 0.4) is 0 Å². The molecule has 0 radical (unpaired) electrons. The fraction of sp³-hybridized carbons (Fsp3) is 0.882. The van der Waals surface area contributed by atoms with Gasteiger partial charge in [0.25, 0.3) is 0 Å². The third-order valence-corrected chi connectivity index (χ3v) is 4.88. The second-order valence-corrected chi connectivity index (χ2v) is 8.22. The van der Waals surface area contributed by atoms with E-state index < -0.39 is 6.04 Å². The quantitative estimate of drug-likeness (QED) is 0.808. The highest BCUT2D eigenvalue weighted by molar-refractivity contribution is 5.90. The van der Waals surface area contributed by atoms with Crippen molar-refractivity contribution in [3.8, 4) is 0 Å². The standard InChI is InChI=1S/C17H30N2O2/c1-11-8-12(2)10-13(9-11)19-7-6-14(20)18-15(16(19)21)17(3,4)5/h11-13,15H,6-10H2,1-5H3,(H,18,20). The zero-order valence-corrected chi connectivity index (χ0v) is 14.1. The van der Waals surface area contributed by atoms with Gasteiger partial charge in [0, 0.05) is 19.0 Å². The molecule has 0 spiro atoms. The Kier molecular flexibility index (Phi) is 4.64. The van der Waals surface area contributed by atoms with Crippen molar-refractivity contribution in [2.75, 3.05) is 6.54 Å². The number of nitrogens with one attached hydrogen (secondary N) is 1. The number of carbonyl (C=O) groups excluding carboxylic acids is 2. The van der Waals surface area contributed by atoms with Crippen molar-refractivity contribution in [3.63, 3.8) is 0 Å². The van der Waals surface area contributed by atoms with Gasteiger partial charge >= 0.3 is 0 Å². The summed E-state index contributed by atoms with van der Waals surface area (Å²) in [6.45, 7) is 11.2. The molecule has 2 amide bonds. The molecule has 0 aromatic heterocycles. The van der Waals surface area contributed by atoms with Crippen LogP contribution in [0, 0.1) is 17.3 Å². The maximum Gasteiger partial charge on any atom is 0.245 e. The third kappa shape index (κ3) is 3.78. The van der Waals surface area contributed by atoms with Crippen LogP contribution < -0.4 is 5.32 Å². The Morgan fingerprint density at radius 3 is 2.14 bits per heavy atom. The molecule has 1 aliphatic carbocycles. The molecule has 1 heterocycles. The second-order valence-electron chi connectivity index (χ2n) is 8.22. The normalized spacial score (nSPS) is 35.4. The van der Waals surface area contributed by atoms with Gasteiger partial charge in [0.1, 0.15) is 6.04 Å². The zero-order valence-electron chi connectivity index (χ0n) is 14.1. The third-order valence-electron chi connectivity index (χ3n) is 4.88. The Bertz CT molecular complexity index is 404. The molecule has 3 unspecified atom stereocenters. The van der Waals surface area contributed by atoms with Crippen LogP contribution in [0.25, 0.3) is 0 Å². The average molecular weight is 294 g/mol. The van der Waals surface area contributed by atoms with Crippen LogP contribution in [-0.4, -0.2) is 35.3 Å². The minimum Gasteiger partial charge on any atom is -0.344 e. The highest BCUT2D eigenvalue weighted by atomic mass is 16.2. The summed E-state index contributed by atoms with van der Waals surface area (Å²) in [5.74, 6) is 1.43. The van der Waals surface area contributed by atoms with E-state index in [9.17, 15) is 9.59 Å². The lowest BCUT2D eigenvalue weighted by Crippen LogP contribution is -2.54. The molecular weight excluding hydrogens is 264 g/mol. The van der Waals surface area contributed by atoms with Gasteiger partial charge in [-0.25, -0.2) is 0 Å². The van der Waals surface area contributed by atoms with Crippen LogP contribution in [0.1, 0.15) is 60.3 Å². The van der Waals surface area contributed by atoms with Crippen molar-refractivity contribution in [1.29, 1.82) is 0 Å². The van der Waals surface area contributed by atoms with E-state index in [1.165, 1.54) is 6.42 Å². The van der Waals surface area contributed by atoms with E-state index in [1.54, 1.807) is 0 Å². The van der Waals surface area contributed by atoms with Crippen molar-refractivity contribution in [3.05, 3.63) is 0 Å². The second kappa shape index (κ2) is 5.98. The SMILES string of the molecule is CC1CC(C)CC(N2CCC(=O)NC(C(C)(C)C)C2=O)C1. The summed E-state index contributed by atoms with van der Waals surface area (Å²) < 4.78 is 0. The fourth-order valence-corrected chi connectivity index (χ4v) is 3.90. The predicted octanol–water partition coefficient (Wildman–Crippen LogP) is 2.57. The van der Waals surface area contributed by atoms with Gasteiger partial charge in [0.15, 0.2) is 0 Å². The Morgan fingerprint density at radius 1 is 1.05 bits per heavy atom. The Balaban J connectivity index is 2.21. The number of amides is 2. The van der Waals surface area contributed by atoms with E-state index in [2.05, 4.69) is 19.2 Å². The van der Waals surface area contributed by atoms with Crippen molar-refractivity contribution >= 4 is 11.8 Å². The predicted molar refractivity (Wildman–Crippen MR) is 83.7 cm³/mol. The van der Waals surface area contributed by atoms with Crippen LogP contribution in [0.4, 0.5) is 0 Å². The molecule has 0 aromatic carbocycles. The number of nitrogens with zero attached hydrogens (tertiary/aromatic N) is 1. The van der Waals surface area contributed by atoms with Gasteiger partial charge in [-0.3, -0.25) is 9.59 Å². The first-order valence-corrected chi connectivity index (χ1v) is 8.28. The van der Waals surface area contributed by atoms with Crippen LogP contribution in [-0.2, 0) is 9.59 Å². The summed E-state index contributed by atoms with van der Waals surface area (Å²) >= 11 is 0. The van der Waals surface area contributed by atoms with E-state index in [4.69, 9.17) is 0 Å². The molecular formula is C17H30N2O2. The van der Waals surface area contributed by atoms with E-state index in [0.29, 0.717) is 30.8 Å². The van der Waals surface area contributed by atoms with Crippen molar-refractivity contribution in [1.82, 2.24) is 10.2 Å². The number of hydrogen-bond donors (Lipinski definition) is 1. The summed E-state index contributed by atoms with van der Waals surface area (Å²) in [5, 5.41) is 2.93. The molecule has 21 heavy (non-hydrogen) atoms. The lowest BCUT2D eigenvalue weighted by molar-refractivity contribution is -0.139. The summed E-state index contributed by atoms with van der Waals surface area (Å²) in [7, 11) is 0. The molecule has 4 nitrogen and oxygen atoms in total. The summed E-state index contributed by atoms with van der Waals surface area (Å²) in [6.07, 6.45) is 3.82. The zero-order chi connectivity index (χ0) is 15.8. The molecule has 2 rings (SSSR count). The van der Waals surface area contributed by atoms with E-state index in [0.717, 1.165) is 12.8 Å². The van der Waals surface area contributed by atoms with E-state index >= 15 is 0 Å². The van der Waals surface area contributed by atoms with Crippen LogP contribution in [0.5, 0.6) is 0 Å². The topological polar surface area (TPSA) is 49.4 Å². The summed E-state index contributed by atoms with van der Waals surface area (Å²) in [5.41, 5.74) is -0.249. The smallest absolute Gasteiger partial charge is 0.245 e. The minimum absolute atomic E-state index is 0.00248. The highest BCUT2D eigenvalue weighted by Gasteiger charge is 2.41. The van der Waals surface area contributed by atoms with Gasteiger partial charge in [0.05, 0.1) is 0 Å². The van der Waals surface area contributed by atoms with Gasteiger partial charge < -0.3 is 10.2 Å². The first-order chi connectivity index (χ1) is 9.68. The van der Waals surface area contributed by atoms with Gasteiger partial charge in [-0.2, -0.15) is 0 Å². The van der Waals surface area contributed by atoms with Crippen molar-refractivity contribution < 1.29 is 9.59 Å². The molecule has 1 aliphatic heterocycles. The fourth-order valence-electron chi connectivity index (χ4n) is 3.90. The first kappa shape index (κ1) is 16.3. The van der Waals surface area contributed by atoms with Crippen LogP contribution >= 0.6 is 0 Å². The number of rotatable bonds is 1. The first-order valence-electron chi connectivity index (χ1n) is 8.28. The van der Waals surface area contributed by atoms with Crippen molar-refractivity contribution in [2.45, 2.75) is 72.4 Å². The molecule has 0 bridgehead atoms. The maximum atomic E-state index is 13.0. The highest BCUT2D eigenvalue weighted by Crippen LogP contribution is 2.33. The van der Waals surface area contributed by atoms with Gasteiger partial charge in [-0.1, -0.05) is 34.6 Å². The Labute approximate surface area is 128 Å². The lowest BCUT2D eigenvalue weighted by atomic mass is 9.79. The van der Waals surface area contributed by atoms with Crippen molar-refractivity contribution in [2.24, 2.45) is 17.3 Å².